The van der Waals surface area contributed by atoms with E-state index in [0.717, 1.165) is 13.0 Å². The average molecular weight is 211 g/mol. The summed E-state index contributed by atoms with van der Waals surface area (Å²) in [6, 6.07) is 0.375. The molecule has 2 aliphatic rings. The first-order valence-corrected chi connectivity index (χ1v) is 5.53. The number of nitrogens with zero attached hydrogens (tertiary/aromatic N) is 1. The van der Waals surface area contributed by atoms with E-state index in [1.807, 2.05) is 0 Å². The fourth-order valence-electron chi connectivity index (χ4n) is 2.13. The van der Waals surface area contributed by atoms with Crippen molar-refractivity contribution in [1.29, 1.82) is 0 Å². The molecule has 2 amide bonds. The van der Waals surface area contributed by atoms with Crippen LogP contribution < -0.4 is 10.6 Å². The largest absolute Gasteiger partial charge is 0.354 e. The van der Waals surface area contributed by atoms with Crippen LogP contribution in [0, 0.1) is 0 Å². The highest BCUT2D eigenvalue weighted by atomic mass is 16.2. The van der Waals surface area contributed by atoms with Crippen LogP contribution >= 0.6 is 0 Å². The van der Waals surface area contributed by atoms with Gasteiger partial charge in [0, 0.05) is 25.6 Å². The molecule has 1 atom stereocenters. The molecule has 84 valence electrons. The summed E-state index contributed by atoms with van der Waals surface area (Å²) in [5, 5.41) is 6.04. The summed E-state index contributed by atoms with van der Waals surface area (Å²) in [5.41, 5.74) is 0. The maximum Gasteiger partial charge on any atom is 0.239 e. The highest BCUT2D eigenvalue weighted by molar-refractivity contribution is 5.87. The van der Waals surface area contributed by atoms with Gasteiger partial charge in [-0.25, -0.2) is 0 Å². The molecule has 2 rings (SSSR count). The molecule has 0 aromatic carbocycles. The first-order valence-electron chi connectivity index (χ1n) is 5.53. The van der Waals surface area contributed by atoms with Crippen LogP contribution in [0.1, 0.15) is 19.3 Å². The van der Waals surface area contributed by atoms with Crippen molar-refractivity contribution in [3.05, 3.63) is 0 Å². The second-order valence-corrected chi connectivity index (χ2v) is 4.17. The smallest absolute Gasteiger partial charge is 0.239 e. The van der Waals surface area contributed by atoms with Crippen molar-refractivity contribution in [3.8, 4) is 0 Å². The highest BCUT2D eigenvalue weighted by Crippen LogP contribution is 2.08. The lowest BCUT2D eigenvalue weighted by Gasteiger charge is -2.23. The Morgan fingerprint density at radius 1 is 1.33 bits per heavy atom. The standard InChI is InChI=1S/C10H17N3O2/c14-9-7-13(10(15)3-5-12-9)6-8-2-1-4-11-8/h8,11H,1-7H2,(H,12,14). The van der Waals surface area contributed by atoms with Gasteiger partial charge in [0.1, 0.15) is 0 Å². The number of carbonyl (C=O) groups excluding carboxylic acids is 2. The molecule has 1 unspecified atom stereocenters. The van der Waals surface area contributed by atoms with Crippen LogP contribution in [-0.4, -0.2) is 48.9 Å². The monoisotopic (exact) mass is 211 g/mol. The molecular weight excluding hydrogens is 194 g/mol. The summed E-state index contributed by atoms with van der Waals surface area (Å²) in [6.45, 7) is 2.40. The highest BCUT2D eigenvalue weighted by Gasteiger charge is 2.24. The van der Waals surface area contributed by atoms with Gasteiger partial charge in [-0.05, 0) is 19.4 Å². The number of hydrogen-bond donors (Lipinski definition) is 2. The van der Waals surface area contributed by atoms with Crippen molar-refractivity contribution in [1.82, 2.24) is 15.5 Å². The summed E-state index contributed by atoms with van der Waals surface area (Å²) in [7, 11) is 0. The SMILES string of the molecule is O=C1CN(CC2CCCN2)C(=O)CCN1. The minimum Gasteiger partial charge on any atom is -0.354 e. The first-order chi connectivity index (χ1) is 7.25. The van der Waals surface area contributed by atoms with Crippen LogP contribution in [-0.2, 0) is 9.59 Å². The van der Waals surface area contributed by atoms with Crippen LogP contribution in [0.15, 0.2) is 0 Å². The Hall–Kier alpha value is -1.10. The van der Waals surface area contributed by atoms with E-state index in [4.69, 9.17) is 0 Å². The van der Waals surface area contributed by atoms with Crippen molar-refractivity contribution in [2.45, 2.75) is 25.3 Å². The second-order valence-electron chi connectivity index (χ2n) is 4.17. The quantitative estimate of drug-likeness (QED) is 0.621. The Bertz CT molecular complexity index is 261. The first kappa shape index (κ1) is 10.4. The van der Waals surface area contributed by atoms with Crippen molar-refractivity contribution >= 4 is 11.8 Å². The molecule has 0 spiro atoms. The van der Waals surface area contributed by atoms with Gasteiger partial charge in [-0.2, -0.15) is 0 Å². The molecule has 0 aromatic rings. The zero-order valence-corrected chi connectivity index (χ0v) is 8.79. The Morgan fingerprint density at radius 3 is 2.93 bits per heavy atom. The molecule has 0 aliphatic carbocycles. The summed E-state index contributed by atoms with van der Waals surface area (Å²) in [6.07, 6.45) is 2.70. The third-order valence-electron chi connectivity index (χ3n) is 2.95. The summed E-state index contributed by atoms with van der Waals surface area (Å²) in [4.78, 5) is 24.6. The van der Waals surface area contributed by atoms with Crippen molar-refractivity contribution in [2.75, 3.05) is 26.2 Å². The van der Waals surface area contributed by atoms with Gasteiger partial charge in [0.25, 0.3) is 0 Å². The molecule has 2 saturated heterocycles. The van der Waals surface area contributed by atoms with E-state index in [-0.39, 0.29) is 18.4 Å². The zero-order chi connectivity index (χ0) is 10.7. The molecule has 2 aliphatic heterocycles. The molecule has 0 aromatic heterocycles. The third-order valence-corrected chi connectivity index (χ3v) is 2.95. The number of rotatable bonds is 2. The number of hydrogen-bond acceptors (Lipinski definition) is 3. The average Bonchev–Trinajstić information content (AvgIpc) is 2.63. The van der Waals surface area contributed by atoms with Crippen molar-refractivity contribution < 1.29 is 9.59 Å². The maximum absolute atomic E-state index is 11.7. The Morgan fingerprint density at radius 2 is 2.20 bits per heavy atom. The Labute approximate surface area is 89.2 Å². The summed E-state index contributed by atoms with van der Waals surface area (Å²) in [5.74, 6) is 0.0425. The second kappa shape index (κ2) is 4.61. The van der Waals surface area contributed by atoms with Gasteiger partial charge in [-0.1, -0.05) is 0 Å². The van der Waals surface area contributed by atoms with Gasteiger partial charge >= 0.3 is 0 Å². The molecule has 0 saturated carbocycles. The van der Waals surface area contributed by atoms with E-state index in [2.05, 4.69) is 10.6 Å². The molecule has 2 fully saturated rings. The van der Waals surface area contributed by atoms with E-state index in [1.54, 1.807) is 4.90 Å². The predicted octanol–water partition coefficient (Wildman–Crippen LogP) is -0.913. The fourth-order valence-corrected chi connectivity index (χ4v) is 2.13. The minimum absolute atomic E-state index is 0.0427. The fraction of sp³-hybridized carbons (Fsp3) is 0.800. The van der Waals surface area contributed by atoms with Gasteiger partial charge in [0.05, 0.1) is 6.54 Å². The molecule has 2 N–H and O–H groups in total. The number of carbonyl (C=O) groups is 2. The van der Waals surface area contributed by atoms with Gasteiger partial charge in [-0.15, -0.1) is 0 Å². The van der Waals surface area contributed by atoms with Crippen LogP contribution in [0.25, 0.3) is 0 Å². The van der Waals surface area contributed by atoms with E-state index in [0.29, 0.717) is 25.6 Å². The van der Waals surface area contributed by atoms with Crippen molar-refractivity contribution in [2.24, 2.45) is 0 Å². The maximum atomic E-state index is 11.7. The lowest BCUT2D eigenvalue weighted by Crippen LogP contribution is -2.43. The molecular formula is C10H17N3O2. The third kappa shape index (κ3) is 2.68. The summed E-state index contributed by atoms with van der Waals surface area (Å²) < 4.78 is 0. The van der Waals surface area contributed by atoms with Gasteiger partial charge in [0.2, 0.25) is 11.8 Å². The van der Waals surface area contributed by atoms with Crippen LogP contribution in [0.2, 0.25) is 0 Å². The van der Waals surface area contributed by atoms with Crippen molar-refractivity contribution in [3.63, 3.8) is 0 Å². The van der Waals surface area contributed by atoms with E-state index < -0.39 is 0 Å². The Balaban J connectivity index is 1.92. The number of nitrogens with one attached hydrogen (secondary N) is 2. The normalized spacial score (nSPS) is 27.7. The van der Waals surface area contributed by atoms with E-state index in [9.17, 15) is 9.59 Å². The molecule has 2 heterocycles. The predicted molar refractivity (Wildman–Crippen MR) is 55.2 cm³/mol. The van der Waals surface area contributed by atoms with Gasteiger partial charge in [0.15, 0.2) is 0 Å². The summed E-state index contributed by atoms with van der Waals surface area (Å²) >= 11 is 0. The molecule has 5 nitrogen and oxygen atoms in total. The molecule has 15 heavy (non-hydrogen) atoms. The molecule has 5 heteroatoms. The lowest BCUT2D eigenvalue weighted by atomic mass is 10.2. The van der Waals surface area contributed by atoms with E-state index in [1.165, 1.54) is 6.42 Å². The minimum atomic E-state index is -0.0427. The zero-order valence-electron chi connectivity index (χ0n) is 8.79. The van der Waals surface area contributed by atoms with E-state index >= 15 is 0 Å². The van der Waals surface area contributed by atoms with Crippen LogP contribution in [0.4, 0.5) is 0 Å². The van der Waals surface area contributed by atoms with Gasteiger partial charge in [-0.3, -0.25) is 9.59 Å². The van der Waals surface area contributed by atoms with Gasteiger partial charge < -0.3 is 15.5 Å². The topological polar surface area (TPSA) is 61.4 Å². The molecule has 0 bridgehead atoms. The lowest BCUT2D eigenvalue weighted by molar-refractivity contribution is -0.133. The molecule has 0 radical (unpaired) electrons. The van der Waals surface area contributed by atoms with Crippen LogP contribution in [0.5, 0.6) is 0 Å². The van der Waals surface area contributed by atoms with Crippen LogP contribution in [0.3, 0.4) is 0 Å². The Kier molecular flexibility index (Phi) is 3.20. The number of amides is 2.